The maximum absolute atomic E-state index is 14.2. The summed E-state index contributed by atoms with van der Waals surface area (Å²) in [5, 5.41) is 28.8. The molecular formula is C23H20ClFN8O2. The number of nitrogens with one attached hydrogen (secondary N) is 2. The molecule has 0 aliphatic rings. The minimum atomic E-state index is -1.67. The molecule has 4 aromatic rings. The van der Waals surface area contributed by atoms with Crippen LogP contribution < -0.4 is 10.6 Å². The average Bonchev–Trinajstić information content (AvgIpc) is 3.26. The highest BCUT2D eigenvalue weighted by molar-refractivity contribution is 6.28. The zero-order valence-electron chi connectivity index (χ0n) is 18.7. The lowest BCUT2D eigenvalue weighted by molar-refractivity contribution is -0.00177. The van der Waals surface area contributed by atoms with Gasteiger partial charge in [0.05, 0.1) is 70.1 Å². The van der Waals surface area contributed by atoms with Gasteiger partial charge in [0.2, 0.25) is 5.28 Å². The molecular weight excluding hydrogens is 475 g/mol. The molecule has 4 rings (SSSR count). The fourth-order valence-electron chi connectivity index (χ4n) is 3.19. The first-order chi connectivity index (χ1) is 16.7. The summed E-state index contributed by atoms with van der Waals surface area (Å²) < 4.78 is 15.8. The second-order valence-corrected chi connectivity index (χ2v) is 8.56. The van der Waals surface area contributed by atoms with Crippen LogP contribution >= 0.6 is 11.6 Å². The third kappa shape index (κ3) is 5.34. The van der Waals surface area contributed by atoms with E-state index in [0.29, 0.717) is 33.8 Å². The molecule has 0 aromatic carbocycles. The van der Waals surface area contributed by atoms with Gasteiger partial charge in [0.15, 0.2) is 0 Å². The number of carbonyl (C=O) groups is 1. The van der Waals surface area contributed by atoms with Gasteiger partial charge >= 0.3 is 0 Å². The maximum atomic E-state index is 14.2. The summed E-state index contributed by atoms with van der Waals surface area (Å²) in [6.07, 6.45) is 4.01. The molecule has 12 heteroatoms. The van der Waals surface area contributed by atoms with Crippen molar-refractivity contribution in [1.82, 2.24) is 29.9 Å². The molecule has 4 heterocycles. The molecule has 0 bridgehead atoms. The zero-order chi connectivity index (χ0) is 25.2. The summed E-state index contributed by atoms with van der Waals surface area (Å²) in [5.41, 5.74) is 1.55. The third-order valence-corrected chi connectivity index (χ3v) is 5.34. The fraction of sp³-hybridized carbons (Fsp3) is 0.217. The number of hydrogen-bond acceptors (Lipinski definition) is 8. The highest BCUT2D eigenvalue weighted by Crippen LogP contribution is 2.27. The number of alkyl halides is 1. The molecule has 0 fully saturated rings. The molecule has 35 heavy (non-hydrogen) atoms. The first-order valence-corrected chi connectivity index (χ1v) is 10.8. The molecule has 10 nitrogen and oxygen atoms in total. The van der Waals surface area contributed by atoms with Crippen molar-refractivity contribution in [1.29, 1.82) is 5.26 Å². The number of rotatable bonds is 7. The standard InChI is InChI=1S/C23H20ClFN8O2/c1-23(2,35)20(25)12-28-21(34)16-11-27-18(6-17(16)32-14-9-29-22(24)30-10-14)19-4-3-15-5-13(7-26)8-31-33(15)19/h3-6,8-11,20,35H,12H2,1-2H3,(H,27,32)(H,28,34)/t20-/m1/s1. The largest absolute Gasteiger partial charge is 0.387 e. The van der Waals surface area contributed by atoms with E-state index in [4.69, 9.17) is 16.9 Å². The monoisotopic (exact) mass is 494 g/mol. The normalized spacial score (nSPS) is 12.2. The lowest BCUT2D eigenvalue weighted by Crippen LogP contribution is -2.42. The number of halogens is 2. The molecule has 0 aliphatic heterocycles. The van der Waals surface area contributed by atoms with Gasteiger partial charge in [-0.1, -0.05) is 0 Å². The number of carbonyl (C=O) groups excluding carboxylic acids is 1. The number of amides is 1. The average molecular weight is 495 g/mol. The Kier molecular flexibility index (Phi) is 6.59. The number of nitrogens with zero attached hydrogens (tertiary/aromatic N) is 6. The highest BCUT2D eigenvalue weighted by Gasteiger charge is 2.27. The third-order valence-electron chi connectivity index (χ3n) is 5.15. The van der Waals surface area contributed by atoms with Gasteiger partial charge in [-0.05, 0) is 49.7 Å². The zero-order valence-corrected chi connectivity index (χ0v) is 19.5. The Balaban J connectivity index is 1.71. The molecule has 0 aliphatic carbocycles. The first-order valence-electron chi connectivity index (χ1n) is 10.4. The van der Waals surface area contributed by atoms with E-state index >= 15 is 0 Å². The van der Waals surface area contributed by atoms with Crippen LogP contribution in [0, 0.1) is 11.3 Å². The van der Waals surface area contributed by atoms with Crippen molar-refractivity contribution in [2.24, 2.45) is 0 Å². The lowest BCUT2D eigenvalue weighted by Gasteiger charge is -2.22. The van der Waals surface area contributed by atoms with Gasteiger partial charge in [0.25, 0.3) is 5.91 Å². The molecule has 3 N–H and O–H groups in total. The van der Waals surface area contributed by atoms with E-state index in [1.165, 1.54) is 38.6 Å². The molecule has 4 aromatic heterocycles. The van der Waals surface area contributed by atoms with E-state index in [2.05, 4.69) is 30.7 Å². The fourth-order valence-corrected chi connectivity index (χ4v) is 3.29. The summed E-state index contributed by atoms with van der Waals surface area (Å²) in [5.74, 6) is -0.592. The predicted molar refractivity (Wildman–Crippen MR) is 127 cm³/mol. The van der Waals surface area contributed by atoms with Gasteiger partial charge in [-0.2, -0.15) is 10.4 Å². The first kappa shape index (κ1) is 24.0. The second kappa shape index (κ2) is 9.61. The minimum absolute atomic E-state index is 0.0620. The van der Waals surface area contributed by atoms with Crippen LogP contribution in [0.25, 0.3) is 16.9 Å². The van der Waals surface area contributed by atoms with Crippen molar-refractivity contribution >= 4 is 34.4 Å². The molecule has 0 spiro atoms. The number of hydrogen-bond donors (Lipinski definition) is 3. The molecule has 0 saturated heterocycles. The van der Waals surface area contributed by atoms with Crippen LogP contribution in [-0.4, -0.2) is 53.9 Å². The summed E-state index contributed by atoms with van der Waals surface area (Å²) >= 11 is 5.76. The minimum Gasteiger partial charge on any atom is -0.387 e. The Labute approximate surface area is 204 Å². The Hall–Kier alpha value is -4.14. The molecule has 0 radical (unpaired) electrons. The molecule has 178 valence electrons. The Bertz CT molecular complexity index is 1430. The second-order valence-electron chi connectivity index (χ2n) is 8.22. The summed E-state index contributed by atoms with van der Waals surface area (Å²) in [4.78, 5) is 25.1. The van der Waals surface area contributed by atoms with Gasteiger partial charge in [-0.3, -0.25) is 9.78 Å². The van der Waals surface area contributed by atoms with Gasteiger partial charge in [0.1, 0.15) is 12.2 Å². The van der Waals surface area contributed by atoms with E-state index in [1.807, 2.05) is 6.07 Å². The number of aromatic nitrogens is 5. The van der Waals surface area contributed by atoms with Crippen LogP contribution in [0.5, 0.6) is 0 Å². The van der Waals surface area contributed by atoms with Crippen molar-refractivity contribution in [2.75, 3.05) is 11.9 Å². The summed E-state index contributed by atoms with van der Waals surface area (Å²) in [6.45, 7) is 2.26. The Morgan fingerprint density at radius 3 is 2.66 bits per heavy atom. The summed E-state index contributed by atoms with van der Waals surface area (Å²) in [6, 6.07) is 8.96. The van der Waals surface area contributed by atoms with Crippen molar-refractivity contribution in [3.05, 3.63) is 65.5 Å². The number of fused-ring (bicyclic) bond motifs is 1. The maximum Gasteiger partial charge on any atom is 0.255 e. The summed E-state index contributed by atoms with van der Waals surface area (Å²) in [7, 11) is 0. The van der Waals surface area contributed by atoms with Crippen LogP contribution in [0.1, 0.15) is 29.8 Å². The Morgan fingerprint density at radius 1 is 1.23 bits per heavy atom. The molecule has 1 atom stereocenters. The topological polar surface area (TPSA) is 141 Å². The van der Waals surface area contributed by atoms with E-state index in [9.17, 15) is 14.3 Å². The van der Waals surface area contributed by atoms with E-state index in [0.717, 1.165) is 0 Å². The van der Waals surface area contributed by atoms with Crippen LogP contribution in [0.15, 0.2) is 49.1 Å². The number of anilines is 2. The van der Waals surface area contributed by atoms with E-state index in [1.54, 1.807) is 28.8 Å². The highest BCUT2D eigenvalue weighted by atomic mass is 35.5. The molecule has 1 amide bonds. The lowest BCUT2D eigenvalue weighted by atomic mass is 10.0. The number of aliphatic hydroxyl groups is 1. The Morgan fingerprint density at radius 2 is 1.97 bits per heavy atom. The van der Waals surface area contributed by atoms with E-state index < -0.39 is 17.7 Å². The number of pyridine rings is 1. The van der Waals surface area contributed by atoms with Crippen LogP contribution in [0.3, 0.4) is 0 Å². The van der Waals surface area contributed by atoms with Crippen molar-refractivity contribution in [3.8, 4) is 17.5 Å². The SMILES string of the molecule is CC(C)(O)[C@H](F)CNC(=O)c1cnc(-c2ccc3cc(C#N)cnn23)cc1Nc1cnc(Cl)nc1. The molecule has 0 unspecified atom stereocenters. The predicted octanol–water partition coefficient (Wildman–Crippen LogP) is 3.29. The number of nitriles is 1. The molecule has 0 saturated carbocycles. The van der Waals surface area contributed by atoms with Gasteiger partial charge in [0, 0.05) is 6.20 Å². The van der Waals surface area contributed by atoms with E-state index in [-0.39, 0.29) is 17.4 Å². The van der Waals surface area contributed by atoms with Crippen LogP contribution in [0.4, 0.5) is 15.8 Å². The van der Waals surface area contributed by atoms with Crippen molar-refractivity contribution < 1.29 is 14.3 Å². The van der Waals surface area contributed by atoms with Crippen molar-refractivity contribution in [2.45, 2.75) is 25.6 Å². The van der Waals surface area contributed by atoms with Gasteiger partial charge in [-0.15, -0.1) is 0 Å². The van der Waals surface area contributed by atoms with Gasteiger partial charge in [-0.25, -0.2) is 18.9 Å². The van der Waals surface area contributed by atoms with Crippen LogP contribution in [-0.2, 0) is 0 Å². The van der Waals surface area contributed by atoms with Gasteiger partial charge < -0.3 is 15.7 Å². The smallest absolute Gasteiger partial charge is 0.255 e. The van der Waals surface area contributed by atoms with Crippen molar-refractivity contribution in [3.63, 3.8) is 0 Å². The quantitative estimate of drug-likeness (QED) is 0.332. The van der Waals surface area contributed by atoms with Crippen LogP contribution in [0.2, 0.25) is 5.28 Å².